The lowest BCUT2D eigenvalue weighted by Crippen LogP contribution is -2.38. The maximum atomic E-state index is 12.0. The molecule has 1 aliphatic carbocycles. The Bertz CT molecular complexity index is 811. The number of aliphatic hydroxyl groups is 2. The van der Waals surface area contributed by atoms with Crippen LogP contribution in [0.3, 0.4) is 0 Å². The van der Waals surface area contributed by atoms with Gasteiger partial charge in [-0.2, -0.15) is 0 Å². The first kappa shape index (κ1) is 30.1. The second-order valence-corrected chi connectivity index (χ2v) is 11.0. The van der Waals surface area contributed by atoms with Crippen LogP contribution in [0.1, 0.15) is 87.9 Å². The third kappa shape index (κ3) is 9.99. The molecule has 2 N–H and O–H groups in total. The van der Waals surface area contributed by atoms with E-state index in [-0.39, 0.29) is 23.2 Å². The first-order chi connectivity index (χ1) is 18.0. The summed E-state index contributed by atoms with van der Waals surface area (Å²) >= 11 is 6.65. The molecule has 0 bridgehead atoms. The van der Waals surface area contributed by atoms with Gasteiger partial charge < -0.3 is 19.7 Å². The predicted octanol–water partition coefficient (Wildman–Crippen LogP) is 5.36. The average Bonchev–Trinajstić information content (AvgIpc) is 3.19. The molecule has 0 radical (unpaired) electrons. The van der Waals surface area contributed by atoms with Gasteiger partial charge in [-0.15, -0.1) is 11.6 Å². The van der Waals surface area contributed by atoms with E-state index in [2.05, 4.69) is 24.0 Å². The van der Waals surface area contributed by atoms with E-state index in [0.29, 0.717) is 19.4 Å². The van der Waals surface area contributed by atoms with Crippen molar-refractivity contribution >= 4 is 17.6 Å². The molecule has 1 heterocycles. The number of hydrogen-bond donors (Lipinski definition) is 2. The Kier molecular flexibility index (Phi) is 13.4. The molecule has 1 saturated carbocycles. The maximum Gasteiger partial charge on any atom is 0.305 e. The molecule has 1 aromatic rings. The average molecular weight is 536 g/mol. The molecule has 1 saturated heterocycles. The number of benzene rings is 1. The molecule has 1 aromatic carbocycles. The zero-order valence-electron chi connectivity index (χ0n) is 22.4. The van der Waals surface area contributed by atoms with Crippen molar-refractivity contribution in [3.63, 3.8) is 0 Å². The van der Waals surface area contributed by atoms with Crippen molar-refractivity contribution in [3.05, 3.63) is 47.5 Å². The number of rotatable bonds is 15. The number of esters is 1. The number of carbonyl (C=O) groups is 1. The van der Waals surface area contributed by atoms with Crippen molar-refractivity contribution in [2.24, 2.45) is 5.92 Å². The third-order valence-electron chi connectivity index (χ3n) is 7.70. The summed E-state index contributed by atoms with van der Waals surface area (Å²) in [6.45, 7) is 6.68. The van der Waals surface area contributed by atoms with Crippen molar-refractivity contribution in [1.29, 1.82) is 0 Å². The Balaban J connectivity index is 1.38. The highest BCUT2D eigenvalue weighted by molar-refractivity contribution is 6.21. The molecule has 6 nitrogen and oxygen atoms in total. The van der Waals surface area contributed by atoms with Crippen molar-refractivity contribution in [2.75, 3.05) is 39.5 Å². The van der Waals surface area contributed by atoms with E-state index in [0.717, 1.165) is 88.9 Å². The third-order valence-corrected chi connectivity index (χ3v) is 8.20. The second kappa shape index (κ2) is 16.5. The lowest BCUT2D eigenvalue weighted by Gasteiger charge is -2.26. The van der Waals surface area contributed by atoms with Crippen LogP contribution in [0.2, 0.25) is 0 Å². The van der Waals surface area contributed by atoms with E-state index in [1.807, 2.05) is 24.3 Å². The normalized spacial score (nSPS) is 25.5. The molecule has 7 heteroatoms. The van der Waals surface area contributed by atoms with Crippen LogP contribution in [0.5, 0.6) is 0 Å². The zero-order valence-corrected chi connectivity index (χ0v) is 23.2. The summed E-state index contributed by atoms with van der Waals surface area (Å²) in [5, 5.41) is 21.1. The van der Waals surface area contributed by atoms with Gasteiger partial charge in [-0.05, 0) is 49.1 Å². The van der Waals surface area contributed by atoms with Crippen LogP contribution in [0.4, 0.5) is 0 Å². The minimum absolute atomic E-state index is 0.0140. The molecular formula is C30H46ClNO5. The minimum atomic E-state index is -0.464. The number of halogens is 1. The van der Waals surface area contributed by atoms with Crippen LogP contribution in [-0.4, -0.2) is 72.0 Å². The quantitative estimate of drug-likeness (QED) is 0.136. The highest BCUT2D eigenvalue weighted by atomic mass is 35.5. The Hall–Kier alpha value is -1.44. The Morgan fingerprint density at radius 1 is 1.19 bits per heavy atom. The Labute approximate surface area is 228 Å². The van der Waals surface area contributed by atoms with Crippen LogP contribution in [0, 0.1) is 5.92 Å². The first-order valence-corrected chi connectivity index (χ1v) is 14.6. The first-order valence-electron chi connectivity index (χ1n) is 14.2. The van der Waals surface area contributed by atoms with Crippen molar-refractivity contribution in [2.45, 2.75) is 88.2 Å². The van der Waals surface area contributed by atoms with E-state index in [1.54, 1.807) is 0 Å². The van der Waals surface area contributed by atoms with Crippen molar-refractivity contribution in [3.8, 4) is 0 Å². The van der Waals surface area contributed by atoms with Gasteiger partial charge in [-0.1, -0.05) is 62.6 Å². The summed E-state index contributed by atoms with van der Waals surface area (Å²) in [6.07, 6.45) is 10.8. The van der Waals surface area contributed by atoms with E-state index in [4.69, 9.17) is 21.1 Å². The van der Waals surface area contributed by atoms with Crippen LogP contribution >= 0.6 is 11.6 Å². The summed E-state index contributed by atoms with van der Waals surface area (Å²) < 4.78 is 10.7. The smallest absolute Gasteiger partial charge is 0.305 e. The molecule has 208 valence electrons. The highest BCUT2D eigenvalue weighted by Gasteiger charge is 2.41. The van der Waals surface area contributed by atoms with Crippen molar-refractivity contribution in [1.82, 2.24) is 4.90 Å². The number of hydrogen-bond acceptors (Lipinski definition) is 6. The van der Waals surface area contributed by atoms with Gasteiger partial charge in [0.1, 0.15) is 6.61 Å². The molecule has 2 fully saturated rings. The van der Waals surface area contributed by atoms with Gasteiger partial charge in [0.05, 0.1) is 25.4 Å². The number of nitrogens with zero attached hydrogens (tertiary/aromatic N) is 1. The summed E-state index contributed by atoms with van der Waals surface area (Å²) in [6, 6.07) is 8.07. The maximum absolute atomic E-state index is 12.0. The molecule has 1 aliphatic heterocycles. The molecule has 1 unspecified atom stereocenters. The van der Waals surface area contributed by atoms with Crippen LogP contribution in [-0.2, 0) is 14.3 Å². The van der Waals surface area contributed by atoms with Gasteiger partial charge in [-0.25, -0.2) is 0 Å². The van der Waals surface area contributed by atoms with Crippen LogP contribution < -0.4 is 0 Å². The molecule has 0 spiro atoms. The number of allylic oxidation sites excluding steroid dienone is 2. The fraction of sp³-hybridized carbons (Fsp3) is 0.700. The largest absolute Gasteiger partial charge is 0.464 e. The highest BCUT2D eigenvalue weighted by Crippen LogP contribution is 2.45. The van der Waals surface area contributed by atoms with Crippen LogP contribution in [0.25, 0.3) is 0 Å². The summed E-state index contributed by atoms with van der Waals surface area (Å²) in [5.74, 6) is -0.00124. The SMILES string of the molecule is CCCCCC(O)c1ccc([C@@H]2[C@@H](CC=CCCCC(=O)OCCN3CCOCC3)[C@H](Cl)C[C@H]2O)cc1. The molecule has 3 rings (SSSR count). The van der Waals surface area contributed by atoms with Gasteiger partial charge in [0.25, 0.3) is 0 Å². The molecule has 37 heavy (non-hydrogen) atoms. The number of aliphatic hydroxyl groups excluding tert-OH is 2. The van der Waals surface area contributed by atoms with E-state index in [9.17, 15) is 15.0 Å². The fourth-order valence-corrected chi connectivity index (χ4v) is 5.88. The van der Waals surface area contributed by atoms with Crippen molar-refractivity contribution < 1.29 is 24.5 Å². The van der Waals surface area contributed by atoms with Gasteiger partial charge >= 0.3 is 5.97 Å². The molecule has 0 aromatic heterocycles. The summed E-state index contributed by atoms with van der Waals surface area (Å²) in [5.41, 5.74) is 2.02. The second-order valence-electron chi connectivity index (χ2n) is 10.5. The van der Waals surface area contributed by atoms with Crippen LogP contribution in [0.15, 0.2) is 36.4 Å². The van der Waals surface area contributed by atoms with Gasteiger partial charge in [0.15, 0.2) is 0 Å². The number of unbranched alkanes of at least 4 members (excludes halogenated alkanes) is 3. The Morgan fingerprint density at radius 2 is 1.95 bits per heavy atom. The molecule has 5 atom stereocenters. The molecular weight excluding hydrogens is 490 g/mol. The minimum Gasteiger partial charge on any atom is -0.464 e. The Morgan fingerprint density at radius 3 is 2.68 bits per heavy atom. The van der Waals surface area contributed by atoms with Gasteiger partial charge in [0.2, 0.25) is 0 Å². The van der Waals surface area contributed by atoms with Gasteiger partial charge in [0, 0.05) is 37.4 Å². The number of alkyl halides is 1. The molecule has 0 amide bonds. The lowest BCUT2D eigenvalue weighted by atomic mass is 9.84. The standard InChI is InChI=1S/C30H46ClNO5/c1-2-3-6-10-27(33)23-12-14-24(15-13-23)30-25(26(31)22-28(30)34)9-7-4-5-8-11-29(35)37-21-18-32-16-19-36-20-17-32/h4,7,12-15,25-28,30,33-34H,2-3,5-6,8-11,16-22H2,1H3/t25-,26+,27?,28+,30+/m0/s1. The predicted molar refractivity (Wildman–Crippen MR) is 148 cm³/mol. The lowest BCUT2D eigenvalue weighted by molar-refractivity contribution is -0.144. The topological polar surface area (TPSA) is 79.2 Å². The number of ether oxygens (including phenoxy) is 2. The van der Waals surface area contributed by atoms with E-state index in [1.165, 1.54) is 0 Å². The fourth-order valence-electron chi connectivity index (χ4n) is 5.44. The summed E-state index contributed by atoms with van der Waals surface area (Å²) in [4.78, 5) is 14.2. The monoisotopic (exact) mass is 535 g/mol. The molecule has 2 aliphatic rings. The van der Waals surface area contributed by atoms with E-state index >= 15 is 0 Å². The number of morpholine rings is 1. The zero-order chi connectivity index (χ0) is 26.5. The number of carbonyl (C=O) groups excluding carboxylic acids is 1. The van der Waals surface area contributed by atoms with Gasteiger partial charge in [-0.3, -0.25) is 9.69 Å². The summed E-state index contributed by atoms with van der Waals surface area (Å²) in [7, 11) is 0. The van der Waals surface area contributed by atoms with E-state index < -0.39 is 12.2 Å².